The van der Waals surface area contributed by atoms with Crippen molar-refractivity contribution in [2.24, 2.45) is 16.7 Å². The lowest BCUT2D eigenvalue weighted by molar-refractivity contribution is -0.346. The molecule has 74 heavy (non-hydrogen) atoms. The first-order valence-corrected chi connectivity index (χ1v) is 24.2. The maximum absolute atomic E-state index is 16.0. The molecule has 2 bridgehead atoms. The standard InChI is InChI=1S/C53H61NO20/c1-26-31(70-48(66)39(60)37(28-15-9-6-10-16-28)54-46(64)29-17-11-7-12-18-29)22-53(67)45(73-47(65)30-19-13-8-14-20-30)43-51(5,33(57)21-34-52(43,25-69-34)74-27(2)56)44(63)42(36(26)50(53,3)4)72-35(58)24-68-49-41(62)40(61)38(59)32(23-55)71-49/h6-20,31-34,37-43,45,49,55,57,59-62,67H,21-25H2,1-5H3,(H,54,64)/t31?,32?,33?,34?,37?,38?,39?,40?,41?,42?,43?,45?,49?,51-,52?,53?/m1/s1. The number of hydrogen-bond acceptors (Lipinski definition) is 20. The summed E-state index contributed by atoms with van der Waals surface area (Å²) in [5.41, 5.74) is -8.36. The molecule has 0 spiro atoms. The minimum Gasteiger partial charge on any atom is -0.456 e. The van der Waals surface area contributed by atoms with E-state index in [9.17, 15) is 59.7 Å². The van der Waals surface area contributed by atoms with Crippen molar-refractivity contribution >= 4 is 35.6 Å². The highest BCUT2D eigenvalue weighted by atomic mass is 16.7. The molecule has 8 N–H and O–H groups in total. The van der Waals surface area contributed by atoms with E-state index in [1.54, 1.807) is 66.7 Å². The second-order valence-electron chi connectivity index (χ2n) is 20.2. The fourth-order valence-corrected chi connectivity index (χ4v) is 11.5. The second kappa shape index (κ2) is 21.0. The Morgan fingerprint density at radius 1 is 0.824 bits per heavy atom. The molecule has 1 amide bonds. The molecule has 3 aromatic carbocycles. The summed E-state index contributed by atoms with van der Waals surface area (Å²) >= 11 is 0. The Hall–Kier alpha value is -5.98. The van der Waals surface area contributed by atoms with Crippen LogP contribution in [0.5, 0.6) is 0 Å². The Morgan fingerprint density at radius 3 is 2.01 bits per heavy atom. The molecule has 21 nitrogen and oxygen atoms in total. The number of amides is 1. The van der Waals surface area contributed by atoms with Gasteiger partial charge in [0.25, 0.3) is 5.91 Å². The fraction of sp³-hybridized carbons (Fsp3) is 0.509. The van der Waals surface area contributed by atoms with E-state index in [1.807, 2.05) is 0 Å². The molecule has 2 saturated heterocycles. The average Bonchev–Trinajstić information content (AvgIpc) is 3.38. The Labute approximate surface area is 424 Å². The third-order valence-electron chi connectivity index (χ3n) is 15.7. The number of hydrogen-bond donors (Lipinski definition) is 8. The van der Waals surface area contributed by atoms with Crippen LogP contribution in [0, 0.1) is 16.7 Å². The van der Waals surface area contributed by atoms with E-state index in [1.165, 1.54) is 52.0 Å². The smallest absolute Gasteiger partial charge is 0.338 e. The van der Waals surface area contributed by atoms with Crippen molar-refractivity contribution in [1.29, 1.82) is 0 Å². The number of carbonyl (C=O) groups excluding carboxylic acids is 6. The highest BCUT2D eigenvalue weighted by Crippen LogP contribution is 2.64. The molecule has 5 aliphatic rings. The number of benzene rings is 3. The molecule has 3 aliphatic carbocycles. The molecule has 2 aliphatic heterocycles. The van der Waals surface area contributed by atoms with Crippen molar-refractivity contribution in [2.45, 2.75) is 132 Å². The first kappa shape index (κ1) is 54.3. The number of rotatable bonds is 14. The van der Waals surface area contributed by atoms with Gasteiger partial charge in [-0.15, -0.1) is 0 Å². The van der Waals surface area contributed by atoms with E-state index in [0.717, 1.165) is 6.92 Å². The highest BCUT2D eigenvalue weighted by Gasteiger charge is 2.78. The summed E-state index contributed by atoms with van der Waals surface area (Å²) in [6.07, 6.45) is -20.7. The van der Waals surface area contributed by atoms with Gasteiger partial charge in [0, 0.05) is 30.7 Å². The number of esters is 4. The predicted octanol–water partition coefficient (Wildman–Crippen LogP) is 0.532. The second-order valence-corrected chi connectivity index (χ2v) is 20.2. The topological polar surface area (TPSA) is 321 Å². The number of carbonyl (C=O) groups is 6. The van der Waals surface area contributed by atoms with Crippen LogP contribution in [0.3, 0.4) is 0 Å². The zero-order valence-corrected chi connectivity index (χ0v) is 41.1. The van der Waals surface area contributed by atoms with Crippen LogP contribution < -0.4 is 5.32 Å². The van der Waals surface area contributed by atoms with Crippen molar-refractivity contribution in [3.8, 4) is 0 Å². The summed E-state index contributed by atoms with van der Waals surface area (Å²) in [6.45, 7) is 4.38. The van der Waals surface area contributed by atoms with Crippen LogP contribution >= 0.6 is 0 Å². The number of Topliss-reactive ketones (excluding diaryl/α,β-unsaturated/α-hetero) is 1. The van der Waals surface area contributed by atoms with Crippen LogP contribution in [0.4, 0.5) is 0 Å². The maximum atomic E-state index is 16.0. The van der Waals surface area contributed by atoms with Crippen LogP contribution in [0.1, 0.15) is 79.8 Å². The van der Waals surface area contributed by atoms with Gasteiger partial charge in [-0.2, -0.15) is 0 Å². The summed E-state index contributed by atoms with van der Waals surface area (Å²) in [6, 6.07) is 22.2. The van der Waals surface area contributed by atoms with E-state index in [4.69, 9.17) is 33.2 Å². The highest BCUT2D eigenvalue weighted by molar-refractivity contribution is 5.96. The van der Waals surface area contributed by atoms with Gasteiger partial charge in [-0.25, -0.2) is 14.4 Å². The minimum absolute atomic E-state index is 0.00541. The summed E-state index contributed by atoms with van der Waals surface area (Å²) in [5.74, 6) is -7.98. The fourth-order valence-electron chi connectivity index (χ4n) is 11.5. The Balaban J connectivity index is 1.26. The molecule has 0 aromatic heterocycles. The van der Waals surface area contributed by atoms with Crippen LogP contribution in [-0.2, 0) is 52.3 Å². The maximum Gasteiger partial charge on any atom is 0.338 e. The normalized spacial score (nSPS) is 34.9. The third kappa shape index (κ3) is 9.43. The lowest BCUT2D eigenvalue weighted by Crippen LogP contribution is -2.82. The SMILES string of the molecule is CC(=O)OC12COC1CC(O)[C@@]1(C)C(=O)C(OC(=O)COC3OC(CO)C(O)C(O)C3O)C3=C(C)C(OC(=O)C(O)C(NC(=O)c4ccccc4)c4ccccc4)CC(O)(C(OC(=O)c4ccccc4)C21)C3(C)C. The van der Waals surface area contributed by atoms with Gasteiger partial charge in [0.1, 0.15) is 54.9 Å². The first-order chi connectivity index (χ1) is 35.0. The molecular formula is C53H61NO20. The summed E-state index contributed by atoms with van der Waals surface area (Å²) < 4.78 is 41.5. The molecule has 2 saturated carbocycles. The van der Waals surface area contributed by atoms with Crippen molar-refractivity contribution in [2.75, 3.05) is 19.8 Å². The molecule has 8 rings (SSSR count). The molecule has 4 fully saturated rings. The van der Waals surface area contributed by atoms with Gasteiger partial charge in [0.05, 0.1) is 42.3 Å². The average molecular weight is 1030 g/mol. The predicted molar refractivity (Wildman–Crippen MR) is 252 cm³/mol. The van der Waals surface area contributed by atoms with Crippen LogP contribution in [0.15, 0.2) is 102 Å². The molecule has 398 valence electrons. The Bertz CT molecular complexity index is 2630. The van der Waals surface area contributed by atoms with Gasteiger partial charge < -0.3 is 74.2 Å². The van der Waals surface area contributed by atoms with Gasteiger partial charge in [-0.05, 0) is 54.8 Å². The zero-order valence-electron chi connectivity index (χ0n) is 41.1. The van der Waals surface area contributed by atoms with Crippen molar-refractivity contribution in [3.05, 3.63) is 119 Å². The third-order valence-corrected chi connectivity index (χ3v) is 15.7. The number of aliphatic hydroxyl groups is 7. The summed E-state index contributed by atoms with van der Waals surface area (Å²) in [5, 5.41) is 82.0. The number of ether oxygens (including phenoxy) is 7. The number of fused-ring (bicyclic) bond motifs is 5. The van der Waals surface area contributed by atoms with Crippen molar-refractivity contribution in [3.63, 3.8) is 0 Å². The minimum atomic E-state index is -2.57. The van der Waals surface area contributed by atoms with E-state index < -0.39 is 163 Å². The molecule has 0 radical (unpaired) electrons. The van der Waals surface area contributed by atoms with Crippen molar-refractivity contribution in [1.82, 2.24) is 5.32 Å². The molecular weight excluding hydrogens is 971 g/mol. The van der Waals surface area contributed by atoms with Gasteiger partial charge in [-0.3, -0.25) is 14.4 Å². The van der Waals surface area contributed by atoms with E-state index in [-0.39, 0.29) is 28.7 Å². The van der Waals surface area contributed by atoms with Gasteiger partial charge in [-0.1, -0.05) is 80.6 Å². The van der Waals surface area contributed by atoms with Crippen LogP contribution in [0.2, 0.25) is 0 Å². The lowest BCUT2D eigenvalue weighted by atomic mass is 9.44. The Morgan fingerprint density at radius 2 is 1.43 bits per heavy atom. The molecule has 21 heteroatoms. The monoisotopic (exact) mass is 1030 g/mol. The van der Waals surface area contributed by atoms with Gasteiger partial charge in [0.15, 0.2) is 29.9 Å². The van der Waals surface area contributed by atoms with E-state index >= 15 is 4.79 Å². The van der Waals surface area contributed by atoms with Crippen molar-refractivity contribution < 1.29 is 97.7 Å². The largest absolute Gasteiger partial charge is 0.456 e. The van der Waals surface area contributed by atoms with Crippen LogP contribution in [-0.4, -0.2) is 170 Å². The van der Waals surface area contributed by atoms with Gasteiger partial charge in [0.2, 0.25) is 0 Å². The summed E-state index contributed by atoms with van der Waals surface area (Å²) in [4.78, 5) is 86.0. The molecule has 16 atom stereocenters. The van der Waals surface area contributed by atoms with Gasteiger partial charge >= 0.3 is 23.9 Å². The summed E-state index contributed by atoms with van der Waals surface area (Å²) in [7, 11) is 0. The van der Waals surface area contributed by atoms with E-state index in [0.29, 0.717) is 5.56 Å². The lowest BCUT2D eigenvalue weighted by Gasteiger charge is -2.67. The Kier molecular flexibility index (Phi) is 15.4. The number of ketones is 1. The molecule has 2 heterocycles. The number of nitrogens with one attached hydrogen (secondary N) is 1. The van der Waals surface area contributed by atoms with E-state index in [2.05, 4.69) is 5.32 Å². The molecule has 15 unspecified atom stereocenters. The van der Waals surface area contributed by atoms with Crippen LogP contribution in [0.25, 0.3) is 0 Å². The number of aliphatic hydroxyl groups excluding tert-OH is 6. The first-order valence-electron chi connectivity index (χ1n) is 24.2. The molecule has 3 aromatic rings. The quantitative estimate of drug-likeness (QED) is 0.0620. The zero-order chi connectivity index (χ0) is 53.7.